The minimum Gasteiger partial charge on any atom is -0.416 e. The number of benzene rings is 2. The van der Waals surface area contributed by atoms with E-state index in [9.17, 15) is 13.6 Å². The summed E-state index contributed by atoms with van der Waals surface area (Å²) in [5.41, 5.74) is 0.797. The molecule has 0 radical (unpaired) electrons. The van der Waals surface area contributed by atoms with Crippen molar-refractivity contribution in [2.24, 2.45) is 0 Å². The lowest BCUT2D eigenvalue weighted by molar-refractivity contribution is 0.0934. The van der Waals surface area contributed by atoms with Crippen molar-refractivity contribution in [3.05, 3.63) is 76.7 Å². The molecule has 0 fully saturated rings. The third-order valence-corrected chi connectivity index (χ3v) is 4.07. The highest BCUT2D eigenvalue weighted by Crippen LogP contribution is 2.23. The molecule has 0 aliphatic heterocycles. The number of rotatable bonds is 5. The van der Waals surface area contributed by atoms with Crippen molar-refractivity contribution in [2.75, 3.05) is 0 Å². The fraction of sp³-hybridized carbons (Fsp3) is 0.143. The van der Waals surface area contributed by atoms with Gasteiger partial charge in [0.15, 0.2) is 5.69 Å². The number of halogens is 2. The van der Waals surface area contributed by atoms with Crippen LogP contribution in [-0.4, -0.2) is 10.9 Å². The van der Waals surface area contributed by atoms with Crippen LogP contribution in [0, 0.1) is 30.9 Å². The van der Waals surface area contributed by atoms with Crippen molar-refractivity contribution in [1.29, 1.82) is 0 Å². The summed E-state index contributed by atoms with van der Waals surface area (Å²) in [6, 6.07) is 8.44. The van der Waals surface area contributed by atoms with Crippen molar-refractivity contribution in [3.63, 3.8) is 0 Å². The summed E-state index contributed by atoms with van der Waals surface area (Å²) in [5.74, 6) is 0.947. The number of hydrogen-bond acceptors (Lipinski definition) is 4. The summed E-state index contributed by atoms with van der Waals surface area (Å²) in [7, 11) is 0. The predicted molar refractivity (Wildman–Crippen MR) is 97.9 cm³/mol. The van der Waals surface area contributed by atoms with E-state index >= 15 is 0 Å². The molecule has 3 rings (SSSR count). The van der Waals surface area contributed by atoms with E-state index < -0.39 is 23.6 Å². The Balaban J connectivity index is 1.69. The van der Waals surface area contributed by atoms with Gasteiger partial charge in [0.2, 0.25) is 0 Å². The fourth-order valence-corrected chi connectivity index (χ4v) is 2.43. The van der Waals surface area contributed by atoms with Crippen LogP contribution in [0.2, 0.25) is 0 Å². The van der Waals surface area contributed by atoms with E-state index in [2.05, 4.69) is 16.2 Å². The molecule has 142 valence electrons. The van der Waals surface area contributed by atoms with E-state index in [-0.39, 0.29) is 17.3 Å². The predicted octanol–water partition coefficient (Wildman–Crippen LogP) is 4.53. The van der Waals surface area contributed by atoms with Gasteiger partial charge in [-0.2, -0.15) is 4.98 Å². The van der Waals surface area contributed by atoms with Crippen LogP contribution in [0.4, 0.5) is 8.78 Å². The zero-order valence-corrected chi connectivity index (χ0v) is 15.1. The van der Waals surface area contributed by atoms with Gasteiger partial charge in [-0.3, -0.25) is 4.79 Å². The quantitative estimate of drug-likeness (QED) is 0.659. The van der Waals surface area contributed by atoms with Gasteiger partial charge in [0.25, 0.3) is 5.91 Å². The monoisotopic (exact) mass is 382 g/mol. The van der Waals surface area contributed by atoms with Crippen molar-refractivity contribution < 1.29 is 22.7 Å². The van der Waals surface area contributed by atoms with Crippen molar-refractivity contribution in [3.8, 4) is 24.2 Å². The number of oxazole rings is 1. The Hall–Kier alpha value is -3.66. The van der Waals surface area contributed by atoms with E-state index in [0.29, 0.717) is 16.9 Å². The van der Waals surface area contributed by atoms with Gasteiger partial charge in [0, 0.05) is 11.1 Å². The molecule has 0 aliphatic rings. The number of aromatic nitrogens is 1. The minimum absolute atomic E-state index is 0.0389. The van der Waals surface area contributed by atoms with Gasteiger partial charge in [-0.25, -0.2) is 8.78 Å². The molecule has 7 heteroatoms. The molecule has 2 aromatic carbocycles. The Morgan fingerprint density at radius 1 is 1.29 bits per heavy atom. The number of ether oxygens (including phenoxy) is 1. The standard InChI is InChI=1S/C21H16F2N2O3/c1-4-14-6-5-7-16(8-14)28-21-25-19(11-27-21)20(26)24-13(3)15-9-17(22)12(2)18(23)10-15/h1,5-11,13H,2-3H3,(H,24,26). The van der Waals surface area contributed by atoms with Gasteiger partial charge in [-0.15, -0.1) is 6.42 Å². The smallest absolute Gasteiger partial charge is 0.399 e. The summed E-state index contributed by atoms with van der Waals surface area (Å²) in [6.45, 7) is 2.94. The van der Waals surface area contributed by atoms with Crippen LogP contribution in [-0.2, 0) is 0 Å². The van der Waals surface area contributed by atoms with Crippen LogP contribution in [0.5, 0.6) is 11.8 Å². The van der Waals surface area contributed by atoms with Crippen molar-refractivity contribution in [2.45, 2.75) is 19.9 Å². The van der Waals surface area contributed by atoms with E-state index in [1.54, 1.807) is 31.2 Å². The van der Waals surface area contributed by atoms with Crippen molar-refractivity contribution >= 4 is 5.91 Å². The second kappa shape index (κ2) is 7.92. The zero-order chi connectivity index (χ0) is 20.3. The molecule has 3 aromatic rings. The lowest BCUT2D eigenvalue weighted by Crippen LogP contribution is -2.27. The first-order chi connectivity index (χ1) is 13.4. The third kappa shape index (κ3) is 4.18. The summed E-state index contributed by atoms with van der Waals surface area (Å²) < 4.78 is 38.0. The first-order valence-corrected chi connectivity index (χ1v) is 8.34. The van der Waals surface area contributed by atoms with Gasteiger partial charge in [-0.1, -0.05) is 12.0 Å². The van der Waals surface area contributed by atoms with Crippen LogP contribution in [0.15, 0.2) is 47.1 Å². The molecule has 0 bridgehead atoms. The molecule has 0 aliphatic carbocycles. The number of terminal acetylenes is 1. The number of hydrogen-bond donors (Lipinski definition) is 1. The van der Waals surface area contributed by atoms with E-state index in [1.807, 2.05) is 0 Å². The molecule has 1 atom stereocenters. The number of nitrogens with one attached hydrogen (secondary N) is 1. The van der Waals surface area contributed by atoms with Crippen LogP contribution < -0.4 is 10.1 Å². The van der Waals surface area contributed by atoms with Gasteiger partial charge < -0.3 is 14.5 Å². The van der Waals surface area contributed by atoms with Crippen LogP contribution >= 0.6 is 0 Å². The topological polar surface area (TPSA) is 64.4 Å². The largest absolute Gasteiger partial charge is 0.416 e. The van der Waals surface area contributed by atoms with E-state index in [1.165, 1.54) is 19.1 Å². The average Bonchev–Trinajstić information content (AvgIpc) is 3.14. The Morgan fingerprint density at radius 2 is 2.00 bits per heavy atom. The van der Waals surface area contributed by atoms with Crippen LogP contribution in [0.1, 0.15) is 40.1 Å². The number of nitrogens with zero attached hydrogens (tertiary/aromatic N) is 1. The molecule has 28 heavy (non-hydrogen) atoms. The SMILES string of the molecule is C#Cc1cccc(Oc2nc(C(=O)NC(C)c3cc(F)c(C)c(F)c3)co2)c1. The second-order valence-electron chi connectivity index (χ2n) is 6.08. The molecule has 0 saturated heterocycles. The normalized spacial score (nSPS) is 11.5. The summed E-state index contributed by atoms with van der Waals surface area (Å²) >= 11 is 0. The Kier molecular flexibility index (Phi) is 5.41. The van der Waals surface area contributed by atoms with E-state index in [0.717, 1.165) is 6.26 Å². The third-order valence-electron chi connectivity index (χ3n) is 4.07. The maximum Gasteiger partial charge on any atom is 0.399 e. The molecule has 5 nitrogen and oxygen atoms in total. The first-order valence-electron chi connectivity index (χ1n) is 8.34. The van der Waals surface area contributed by atoms with Crippen LogP contribution in [0.3, 0.4) is 0 Å². The summed E-state index contributed by atoms with van der Waals surface area (Å²) in [6.07, 6.45) is 6.32. The Labute approximate surface area is 160 Å². The number of amides is 1. The average molecular weight is 382 g/mol. The second-order valence-corrected chi connectivity index (χ2v) is 6.08. The summed E-state index contributed by atoms with van der Waals surface area (Å²) in [5, 5.41) is 2.60. The molecule has 1 heterocycles. The molecular formula is C21H16F2N2O3. The zero-order valence-electron chi connectivity index (χ0n) is 15.1. The molecular weight excluding hydrogens is 366 g/mol. The molecule has 1 unspecified atom stereocenters. The Morgan fingerprint density at radius 3 is 2.68 bits per heavy atom. The maximum absolute atomic E-state index is 13.7. The van der Waals surface area contributed by atoms with Crippen molar-refractivity contribution in [1.82, 2.24) is 10.3 Å². The maximum atomic E-state index is 13.7. The minimum atomic E-state index is -0.678. The van der Waals surface area contributed by atoms with Crippen LogP contribution in [0.25, 0.3) is 0 Å². The molecule has 0 spiro atoms. The number of carbonyl (C=O) groups excluding carboxylic acids is 1. The highest BCUT2D eigenvalue weighted by Gasteiger charge is 2.18. The fourth-order valence-electron chi connectivity index (χ4n) is 2.43. The molecule has 1 amide bonds. The van der Waals surface area contributed by atoms with Gasteiger partial charge in [0.05, 0.1) is 6.04 Å². The number of carbonyl (C=O) groups is 1. The molecule has 1 N–H and O–H groups in total. The lowest BCUT2D eigenvalue weighted by atomic mass is 10.1. The highest BCUT2D eigenvalue weighted by molar-refractivity contribution is 5.92. The van der Waals surface area contributed by atoms with E-state index in [4.69, 9.17) is 15.6 Å². The van der Waals surface area contributed by atoms with Gasteiger partial charge in [0.1, 0.15) is 23.6 Å². The highest BCUT2D eigenvalue weighted by atomic mass is 19.1. The molecule has 1 aromatic heterocycles. The lowest BCUT2D eigenvalue weighted by Gasteiger charge is -2.14. The first kappa shape index (κ1) is 19.1. The Bertz CT molecular complexity index is 1050. The summed E-state index contributed by atoms with van der Waals surface area (Å²) in [4.78, 5) is 16.3. The van der Waals surface area contributed by atoms with Gasteiger partial charge in [-0.05, 0) is 49.7 Å². The molecule has 0 saturated carbocycles. The van der Waals surface area contributed by atoms with Gasteiger partial charge >= 0.3 is 6.08 Å².